The van der Waals surface area contributed by atoms with Crippen LogP contribution in [0.25, 0.3) is 0 Å². The highest BCUT2D eigenvalue weighted by molar-refractivity contribution is 9.10. The van der Waals surface area contributed by atoms with E-state index in [-0.39, 0.29) is 5.54 Å². The maximum atomic E-state index is 6.05. The Morgan fingerprint density at radius 2 is 1.79 bits per heavy atom. The molecular weight excluding hydrogens is 302 g/mol. The minimum atomic E-state index is 0.0548. The van der Waals surface area contributed by atoms with Gasteiger partial charge in [0.05, 0.1) is 5.54 Å². The third-order valence-corrected chi connectivity index (χ3v) is 5.43. The number of hydrogen-bond acceptors (Lipinski definition) is 3. The molecule has 4 heteroatoms. The molecule has 106 valence electrons. The van der Waals surface area contributed by atoms with Crippen molar-refractivity contribution in [2.75, 3.05) is 32.0 Å². The SMILES string of the molecule is Cc1cc(NC2(CN)CCN(C)CC2)cc(C)c1Br. The third kappa shape index (κ3) is 3.30. The molecule has 1 fully saturated rings. The van der Waals surface area contributed by atoms with Crippen LogP contribution in [0.5, 0.6) is 0 Å². The number of aryl methyl sites for hydroxylation is 2. The first-order valence-electron chi connectivity index (χ1n) is 6.89. The molecular formula is C15H24BrN3. The average Bonchev–Trinajstić information content (AvgIpc) is 2.39. The van der Waals surface area contributed by atoms with Crippen LogP contribution in [0.15, 0.2) is 16.6 Å². The van der Waals surface area contributed by atoms with Crippen molar-refractivity contribution in [3.8, 4) is 0 Å². The normalized spacial score (nSPS) is 19.4. The van der Waals surface area contributed by atoms with Crippen LogP contribution in [0.1, 0.15) is 24.0 Å². The molecule has 0 bridgehead atoms. The summed E-state index contributed by atoms with van der Waals surface area (Å²) in [6.45, 7) is 7.17. The molecule has 3 N–H and O–H groups in total. The van der Waals surface area contributed by atoms with Gasteiger partial charge >= 0.3 is 0 Å². The summed E-state index contributed by atoms with van der Waals surface area (Å²) in [5, 5.41) is 3.70. The zero-order chi connectivity index (χ0) is 14.0. The van der Waals surface area contributed by atoms with E-state index in [1.807, 2.05) is 0 Å². The second-order valence-electron chi connectivity index (χ2n) is 5.84. The second kappa shape index (κ2) is 5.81. The number of nitrogens with one attached hydrogen (secondary N) is 1. The van der Waals surface area contributed by atoms with Gasteiger partial charge in [0.25, 0.3) is 0 Å². The fourth-order valence-electron chi connectivity index (χ4n) is 2.75. The lowest BCUT2D eigenvalue weighted by molar-refractivity contribution is 0.209. The van der Waals surface area contributed by atoms with Gasteiger partial charge in [-0.05, 0) is 57.0 Å². The summed E-state index contributed by atoms with van der Waals surface area (Å²) in [5.74, 6) is 0. The summed E-state index contributed by atoms with van der Waals surface area (Å²) in [6.07, 6.45) is 2.21. The van der Waals surface area contributed by atoms with E-state index in [1.165, 1.54) is 21.3 Å². The molecule has 1 aromatic rings. The van der Waals surface area contributed by atoms with Crippen LogP contribution in [0.2, 0.25) is 0 Å². The first-order chi connectivity index (χ1) is 8.96. The Labute approximate surface area is 124 Å². The van der Waals surface area contributed by atoms with Crippen LogP contribution < -0.4 is 11.1 Å². The second-order valence-corrected chi connectivity index (χ2v) is 6.63. The zero-order valence-electron chi connectivity index (χ0n) is 12.1. The van der Waals surface area contributed by atoms with Crippen molar-refractivity contribution in [1.82, 2.24) is 4.90 Å². The van der Waals surface area contributed by atoms with Gasteiger partial charge < -0.3 is 16.0 Å². The lowest BCUT2D eigenvalue weighted by atomic mass is 9.87. The van der Waals surface area contributed by atoms with Crippen molar-refractivity contribution in [2.24, 2.45) is 5.73 Å². The first-order valence-corrected chi connectivity index (χ1v) is 7.69. The third-order valence-electron chi connectivity index (χ3n) is 4.18. The number of rotatable bonds is 3. The fourth-order valence-corrected chi connectivity index (χ4v) is 2.98. The van der Waals surface area contributed by atoms with Crippen LogP contribution >= 0.6 is 15.9 Å². The maximum absolute atomic E-state index is 6.05. The molecule has 1 aromatic carbocycles. The summed E-state index contributed by atoms with van der Waals surface area (Å²) in [4.78, 5) is 2.37. The summed E-state index contributed by atoms with van der Waals surface area (Å²) >= 11 is 3.62. The van der Waals surface area contributed by atoms with Crippen LogP contribution in [0.3, 0.4) is 0 Å². The summed E-state index contributed by atoms with van der Waals surface area (Å²) in [6, 6.07) is 4.40. The molecule has 3 nitrogen and oxygen atoms in total. The van der Waals surface area contributed by atoms with Gasteiger partial charge in [-0.2, -0.15) is 0 Å². The fraction of sp³-hybridized carbons (Fsp3) is 0.600. The van der Waals surface area contributed by atoms with E-state index in [2.05, 4.69) is 59.2 Å². The van der Waals surface area contributed by atoms with E-state index >= 15 is 0 Å². The highest BCUT2D eigenvalue weighted by Gasteiger charge is 2.32. The number of piperidine rings is 1. The number of benzene rings is 1. The van der Waals surface area contributed by atoms with Gasteiger partial charge in [0.15, 0.2) is 0 Å². The highest BCUT2D eigenvalue weighted by Crippen LogP contribution is 2.30. The monoisotopic (exact) mass is 325 g/mol. The minimum absolute atomic E-state index is 0.0548. The van der Waals surface area contributed by atoms with E-state index < -0.39 is 0 Å². The van der Waals surface area contributed by atoms with Crippen molar-refractivity contribution in [3.63, 3.8) is 0 Å². The molecule has 0 atom stereocenters. The molecule has 1 heterocycles. The van der Waals surface area contributed by atoms with Crippen LogP contribution in [-0.4, -0.2) is 37.1 Å². The molecule has 0 saturated carbocycles. The van der Waals surface area contributed by atoms with E-state index in [0.29, 0.717) is 6.54 Å². The number of nitrogens with zero attached hydrogens (tertiary/aromatic N) is 1. The molecule has 1 aliphatic rings. The Morgan fingerprint density at radius 1 is 1.26 bits per heavy atom. The summed E-state index contributed by atoms with van der Waals surface area (Å²) in [5.41, 5.74) is 9.82. The molecule has 0 unspecified atom stereocenters. The lowest BCUT2D eigenvalue weighted by Crippen LogP contribution is -2.52. The van der Waals surface area contributed by atoms with Gasteiger partial charge in [0.2, 0.25) is 0 Å². The highest BCUT2D eigenvalue weighted by atomic mass is 79.9. The molecule has 1 saturated heterocycles. The van der Waals surface area contributed by atoms with Gasteiger partial charge in [0, 0.05) is 29.8 Å². The van der Waals surface area contributed by atoms with E-state index in [1.54, 1.807) is 0 Å². The van der Waals surface area contributed by atoms with Gasteiger partial charge in [-0.1, -0.05) is 15.9 Å². The smallest absolute Gasteiger partial charge is 0.0520 e. The summed E-state index contributed by atoms with van der Waals surface area (Å²) in [7, 11) is 2.17. The number of anilines is 1. The van der Waals surface area contributed by atoms with Crippen molar-refractivity contribution in [1.29, 1.82) is 0 Å². The Balaban J connectivity index is 2.19. The van der Waals surface area contributed by atoms with Crippen LogP contribution in [0.4, 0.5) is 5.69 Å². The van der Waals surface area contributed by atoms with Crippen molar-refractivity contribution >= 4 is 21.6 Å². The zero-order valence-corrected chi connectivity index (χ0v) is 13.7. The van der Waals surface area contributed by atoms with Gasteiger partial charge in [0.1, 0.15) is 0 Å². The molecule has 0 aliphatic carbocycles. The molecule has 0 spiro atoms. The van der Waals surface area contributed by atoms with Crippen molar-refractivity contribution in [3.05, 3.63) is 27.7 Å². The average molecular weight is 326 g/mol. The Hall–Kier alpha value is -0.580. The van der Waals surface area contributed by atoms with Crippen molar-refractivity contribution in [2.45, 2.75) is 32.2 Å². The maximum Gasteiger partial charge on any atom is 0.0520 e. The first kappa shape index (κ1) is 14.8. The largest absolute Gasteiger partial charge is 0.378 e. The van der Waals surface area contributed by atoms with Crippen LogP contribution in [0, 0.1) is 13.8 Å². The molecule has 0 aromatic heterocycles. The summed E-state index contributed by atoms with van der Waals surface area (Å²) < 4.78 is 1.20. The standard InChI is InChI=1S/C15H24BrN3/c1-11-8-13(9-12(2)14(11)16)18-15(10-17)4-6-19(3)7-5-15/h8-9,18H,4-7,10,17H2,1-3H3. The number of likely N-dealkylation sites (tertiary alicyclic amines) is 1. The topological polar surface area (TPSA) is 41.3 Å². The molecule has 19 heavy (non-hydrogen) atoms. The van der Waals surface area contributed by atoms with E-state index in [4.69, 9.17) is 5.73 Å². The molecule has 1 aliphatic heterocycles. The Bertz CT molecular complexity index is 428. The minimum Gasteiger partial charge on any atom is -0.378 e. The number of hydrogen-bond donors (Lipinski definition) is 2. The van der Waals surface area contributed by atoms with E-state index in [9.17, 15) is 0 Å². The predicted molar refractivity (Wildman–Crippen MR) is 85.8 cm³/mol. The molecule has 0 radical (unpaired) electrons. The molecule has 0 amide bonds. The van der Waals surface area contributed by atoms with Gasteiger partial charge in [-0.25, -0.2) is 0 Å². The Kier molecular flexibility index (Phi) is 4.54. The quantitative estimate of drug-likeness (QED) is 0.897. The molecule has 2 rings (SSSR count). The van der Waals surface area contributed by atoms with E-state index in [0.717, 1.165) is 25.9 Å². The Morgan fingerprint density at radius 3 is 2.26 bits per heavy atom. The van der Waals surface area contributed by atoms with Gasteiger partial charge in [-0.3, -0.25) is 0 Å². The number of nitrogens with two attached hydrogens (primary N) is 1. The van der Waals surface area contributed by atoms with Crippen molar-refractivity contribution < 1.29 is 0 Å². The number of halogens is 1. The van der Waals surface area contributed by atoms with Crippen LogP contribution in [-0.2, 0) is 0 Å². The lowest BCUT2D eigenvalue weighted by Gasteiger charge is -2.41. The van der Waals surface area contributed by atoms with Gasteiger partial charge in [-0.15, -0.1) is 0 Å². The predicted octanol–water partition coefficient (Wildman–Crippen LogP) is 2.90.